The molecule has 10 aromatic rings. The molecule has 2 aliphatic rings. The minimum Gasteiger partial charge on any atom is -0.456 e. The topological polar surface area (TPSA) is 60.4 Å². The third kappa shape index (κ3) is 6.24. The Morgan fingerprint density at radius 3 is 1.89 bits per heavy atom. The predicted octanol–water partition coefficient (Wildman–Crippen LogP) is 12.1. The Kier molecular flexibility index (Phi) is 8.85. The molecule has 2 heterocycles. The number of furan rings is 1. The molecule has 0 radical (unpaired) electrons. The van der Waals surface area contributed by atoms with Crippen LogP contribution in [-0.4, -0.2) is 9.13 Å². The van der Waals surface area contributed by atoms with E-state index in [-0.39, 0.29) is 16.9 Å². The van der Waals surface area contributed by atoms with E-state index < -0.39 is 5.69 Å². The minimum atomic E-state index is -0.391. The summed E-state index contributed by atoms with van der Waals surface area (Å²) in [5, 5.41) is 3.36. The van der Waals surface area contributed by atoms with Crippen LogP contribution in [0.1, 0.15) is 42.9 Å². The van der Waals surface area contributed by atoms with Gasteiger partial charge in [-0.2, -0.15) is 0 Å². The summed E-state index contributed by atoms with van der Waals surface area (Å²) in [5.41, 5.74) is 13.8. The van der Waals surface area contributed by atoms with E-state index in [2.05, 4.69) is 140 Å². The summed E-state index contributed by atoms with van der Waals surface area (Å²) in [6, 6.07) is 66.5. The lowest BCUT2D eigenvalue weighted by Gasteiger charge is -2.28. The van der Waals surface area contributed by atoms with Crippen molar-refractivity contribution < 1.29 is 4.42 Å². The van der Waals surface area contributed by atoms with Crippen LogP contribution in [0.15, 0.2) is 208 Å². The molecule has 1 atom stereocenters. The van der Waals surface area contributed by atoms with Crippen LogP contribution in [-0.2, 0) is 5.41 Å². The molecule has 12 rings (SSSR count). The smallest absolute Gasteiger partial charge is 0.340 e. The second kappa shape index (κ2) is 15.0. The second-order valence-corrected chi connectivity index (χ2v) is 17.6. The van der Waals surface area contributed by atoms with Gasteiger partial charge in [0.05, 0.1) is 21.9 Å². The average molecular weight is 842 g/mol. The number of rotatable bonds is 7. The van der Waals surface area contributed by atoms with Crippen molar-refractivity contribution in [2.24, 2.45) is 0 Å². The van der Waals surface area contributed by atoms with Gasteiger partial charge in [0.1, 0.15) is 11.2 Å². The number of hydrogen-bond acceptors (Lipinski definition) is 4. The zero-order valence-corrected chi connectivity index (χ0v) is 36.0. The van der Waals surface area contributed by atoms with Crippen LogP contribution in [0.25, 0.3) is 67.7 Å². The Morgan fingerprint density at radius 2 is 1.14 bits per heavy atom. The Labute approximate surface area is 375 Å². The number of anilines is 3. The summed E-state index contributed by atoms with van der Waals surface area (Å²) < 4.78 is 9.09. The summed E-state index contributed by atoms with van der Waals surface area (Å²) in [7, 11) is 0. The Balaban J connectivity index is 0.955. The molecule has 0 fully saturated rings. The maximum Gasteiger partial charge on any atom is 0.340 e. The maximum absolute atomic E-state index is 14.3. The van der Waals surface area contributed by atoms with E-state index in [1.165, 1.54) is 26.8 Å². The summed E-state index contributed by atoms with van der Waals surface area (Å²) in [6.45, 7) is 4.62. The van der Waals surface area contributed by atoms with Crippen molar-refractivity contribution in [3.63, 3.8) is 0 Å². The fourth-order valence-corrected chi connectivity index (χ4v) is 10.2. The molecule has 0 N–H and O–H groups in total. The normalized spacial score (nSPS) is 14.6. The lowest BCUT2D eigenvalue weighted by Crippen LogP contribution is -2.58. The van der Waals surface area contributed by atoms with Crippen LogP contribution in [0, 0.1) is 0 Å². The summed E-state index contributed by atoms with van der Waals surface area (Å²) >= 11 is 0. The van der Waals surface area contributed by atoms with Gasteiger partial charge in [0.25, 0.3) is 5.56 Å². The van der Waals surface area contributed by atoms with Gasteiger partial charge in [-0.3, -0.25) is 9.36 Å². The average Bonchev–Trinajstić information content (AvgIpc) is 3.84. The molecule has 312 valence electrons. The van der Waals surface area contributed by atoms with Crippen molar-refractivity contribution in [1.29, 1.82) is 0 Å². The van der Waals surface area contributed by atoms with Crippen molar-refractivity contribution in [3.05, 3.63) is 242 Å². The van der Waals surface area contributed by atoms with Crippen LogP contribution in [0.4, 0.5) is 17.1 Å². The number of para-hydroxylation sites is 3. The van der Waals surface area contributed by atoms with Gasteiger partial charge >= 0.3 is 5.69 Å². The van der Waals surface area contributed by atoms with Gasteiger partial charge in [0.15, 0.2) is 0 Å². The standard InChI is InChI=1S/C59H43N3O3/c1-59(2)52-19-11-9-17-47(52)49-37-46(31-32-53(49)59)60(45-29-23-39(24-30-45)41-26-34-56-50(35-41)48-18-10-12-20-55(48)65-56)44-27-21-38(22-28-44)40-25-33-54-51(36-40)57(63)62(43-15-7-4-8-16-43)58(64)61(54)42-13-5-3-6-14-42/h3-24,26-37,40H,25H2,1-2H3. The molecule has 0 spiro atoms. The van der Waals surface area contributed by atoms with Gasteiger partial charge in [0.2, 0.25) is 0 Å². The predicted molar refractivity (Wildman–Crippen MR) is 265 cm³/mol. The molecule has 0 aliphatic heterocycles. The minimum absolute atomic E-state index is 0.0775. The first-order chi connectivity index (χ1) is 31.8. The molecular weight excluding hydrogens is 799 g/mol. The number of aromatic nitrogens is 2. The summed E-state index contributed by atoms with van der Waals surface area (Å²) in [6.07, 6.45) is 4.73. The van der Waals surface area contributed by atoms with E-state index in [4.69, 9.17) is 4.42 Å². The molecule has 1 unspecified atom stereocenters. The highest BCUT2D eigenvalue weighted by molar-refractivity contribution is 6.06. The monoisotopic (exact) mass is 841 g/mol. The van der Waals surface area contributed by atoms with E-state index in [1.54, 1.807) is 16.7 Å². The first-order valence-electron chi connectivity index (χ1n) is 22.2. The SMILES string of the molecule is CC1(C)c2ccccc2-c2cc(N(c3ccc(-c4ccc5oc6ccccc6c5c4)cc3)c3ccc(C4C=c5c(=O)n(-c6ccccc6)c(=O)n(-c6ccccc6)c5=CC4)cc3)ccc21. The number of nitrogens with zero attached hydrogens (tertiary/aromatic N) is 3. The zero-order chi connectivity index (χ0) is 43.8. The molecule has 0 bridgehead atoms. The van der Waals surface area contributed by atoms with E-state index >= 15 is 0 Å². The van der Waals surface area contributed by atoms with Gasteiger partial charge in [-0.05, 0) is 124 Å². The number of hydrogen-bond donors (Lipinski definition) is 0. The fourth-order valence-electron chi connectivity index (χ4n) is 10.2. The van der Waals surface area contributed by atoms with Gasteiger partial charge in [-0.1, -0.05) is 141 Å². The molecule has 65 heavy (non-hydrogen) atoms. The van der Waals surface area contributed by atoms with E-state index in [0.29, 0.717) is 28.4 Å². The van der Waals surface area contributed by atoms with Crippen molar-refractivity contribution in [2.75, 3.05) is 4.90 Å². The number of benzene rings is 8. The quantitative estimate of drug-likeness (QED) is 0.160. The van der Waals surface area contributed by atoms with Crippen LogP contribution >= 0.6 is 0 Å². The molecule has 0 amide bonds. The van der Waals surface area contributed by atoms with Crippen molar-refractivity contribution >= 4 is 51.2 Å². The van der Waals surface area contributed by atoms with Crippen molar-refractivity contribution in [3.8, 4) is 33.6 Å². The molecule has 6 heteroatoms. The fraction of sp³-hybridized carbons (Fsp3) is 0.0847. The molecule has 8 aromatic carbocycles. The van der Waals surface area contributed by atoms with Gasteiger partial charge in [0, 0.05) is 39.2 Å². The maximum atomic E-state index is 14.3. The Morgan fingerprint density at radius 1 is 0.538 bits per heavy atom. The lowest BCUT2D eigenvalue weighted by atomic mass is 9.82. The van der Waals surface area contributed by atoms with Gasteiger partial charge in [-0.15, -0.1) is 0 Å². The molecule has 2 aliphatic carbocycles. The lowest BCUT2D eigenvalue weighted by molar-refractivity contribution is 0.660. The van der Waals surface area contributed by atoms with Crippen LogP contribution in [0.5, 0.6) is 0 Å². The highest BCUT2D eigenvalue weighted by Gasteiger charge is 2.35. The van der Waals surface area contributed by atoms with Crippen LogP contribution in [0.3, 0.4) is 0 Å². The number of fused-ring (bicyclic) bond motifs is 7. The summed E-state index contributed by atoms with van der Waals surface area (Å²) in [4.78, 5) is 30.8. The van der Waals surface area contributed by atoms with Crippen molar-refractivity contribution in [1.82, 2.24) is 9.13 Å². The largest absolute Gasteiger partial charge is 0.456 e. The van der Waals surface area contributed by atoms with Crippen LogP contribution in [0.2, 0.25) is 0 Å². The third-order valence-corrected chi connectivity index (χ3v) is 13.5. The highest BCUT2D eigenvalue weighted by Crippen LogP contribution is 2.50. The first kappa shape index (κ1) is 38.5. The van der Waals surface area contributed by atoms with E-state index in [0.717, 1.165) is 55.7 Å². The Bertz CT molecular complexity index is 3750. The summed E-state index contributed by atoms with van der Waals surface area (Å²) in [5.74, 6) is -0.0775. The highest BCUT2D eigenvalue weighted by atomic mass is 16.3. The zero-order valence-electron chi connectivity index (χ0n) is 36.0. The van der Waals surface area contributed by atoms with E-state index in [9.17, 15) is 9.59 Å². The molecule has 2 aromatic heterocycles. The molecular formula is C59H43N3O3. The Hall–Kier alpha value is -8.22. The van der Waals surface area contributed by atoms with Crippen molar-refractivity contribution in [2.45, 2.75) is 31.6 Å². The first-order valence-corrected chi connectivity index (χ1v) is 22.2. The molecule has 6 nitrogen and oxygen atoms in total. The van der Waals surface area contributed by atoms with E-state index in [1.807, 2.05) is 72.8 Å². The third-order valence-electron chi connectivity index (χ3n) is 13.5. The van der Waals surface area contributed by atoms with Crippen LogP contribution < -0.4 is 26.7 Å². The molecule has 0 saturated heterocycles. The van der Waals surface area contributed by atoms with Gasteiger partial charge in [-0.25, -0.2) is 9.36 Å². The second-order valence-electron chi connectivity index (χ2n) is 17.6. The molecule has 0 saturated carbocycles. The van der Waals surface area contributed by atoms with Gasteiger partial charge < -0.3 is 9.32 Å².